The number of pyridine rings is 1. The maximum absolute atomic E-state index is 14.4. The van der Waals surface area contributed by atoms with Crippen molar-refractivity contribution in [3.63, 3.8) is 0 Å². The maximum atomic E-state index is 14.4. The van der Waals surface area contributed by atoms with E-state index in [1.807, 2.05) is 0 Å². The molecule has 0 saturated carbocycles. The highest BCUT2D eigenvalue weighted by molar-refractivity contribution is 14.1. The minimum absolute atomic E-state index is 0.0224. The number of nitrogens with one attached hydrogen (secondary N) is 1. The Hall–Kier alpha value is -2.04. The van der Waals surface area contributed by atoms with Crippen LogP contribution < -0.4 is 0 Å². The van der Waals surface area contributed by atoms with Crippen molar-refractivity contribution in [2.75, 3.05) is 16.8 Å². The molecule has 0 aliphatic carbocycles. The molecule has 8 nitrogen and oxygen atoms in total. The van der Waals surface area contributed by atoms with Crippen LogP contribution in [0.1, 0.15) is 6.42 Å². The van der Waals surface area contributed by atoms with E-state index in [1.165, 1.54) is 10.5 Å². The average Bonchev–Trinajstić information content (AvgIpc) is 3.27. The number of H-pyrrole nitrogens is 1. The zero-order chi connectivity index (χ0) is 19.2. The molecule has 0 bridgehead atoms. The Bertz CT molecular complexity index is 1160. The van der Waals surface area contributed by atoms with Gasteiger partial charge in [-0.25, -0.2) is 17.8 Å². The molecule has 0 atom stereocenters. The molecular weight excluding hydrogens is 486 g/mol. The van der Waals surface area contributed by atoms with E-state index >= 15 is 0 Å². The van der Waals surface area contributed by atoms with E-state index in [0.29, 0.717) is 22.2 Å². The van der Waals surface area contributed by atoms with Gasteiger partial charge in [0.25, 0.3) is 0 Å². The molecular formula is C16H14FIN6O2S. The zero-order valence-corrected chi connectivity index (χ0v) is 16.9. The van der Waals surface area contributed by atoms with Crippen molar-refractivity contribution in [3.05, 3.63) is 36.7 Å². The molecule has 3 aromatic heterocycles. The number of halogens is 2. The SMILES string of the molecule is N#CCC1(n2cc(-c3c(F)cnc4[nH]ccc34)cn2)CN(S(=O)(=O)CI)C1. The van der Waals surface area contributed by atoms with Gasteiger partial charge in [-0.05, 0) is 6.07 Å². The van der Waals surface area contributed by atoms with Crippen LogP contribution in [0.4, 0.5) is 4.39 Å². The molecule has 1 aliphatic rings. The molecule has 4 rings (SSSR count). The van der Waals surface area contributed by atoms with Crippen LogP contribution in [-0.4, -0.2) is 49.3 Å². The Labute approximate surface area is 168 Å². The van der Waals surface area contributed by atoms with Gasteiger partial charge in [-0.15, -0.1) is 0 Å². The molecule has 11 heteroatoms. The molecule has 0 radical (unpaired) electrons. The minimum atomic E-state index is -3.34. The van der Waals surface area contributed by atoms with E-state index in [2.05, 4.69) is 21.1 Å². The minimum Gasteiger partial charge on any atom is -0.346 e. The molecule has 0 spiro atoms. The van der Waals surface area contributed by atoms with Gasteiger partial charge in [-0.1, -0.05) is 22.6 Å². The van der Waals surface area contributed by atoms with Gasteiger partial charge in [-0.2, -0.15) is 14.7 Å². The molecule has 0 amide bonds. The number of hydrogen-bond acceptors (Lipinski definition) is 5. The van der Waals surface area contributed by atoms with E-state index < -0.39 is 21.4 Å². The lowest BCUT2D eigenvalue weighted by Gasteiger charge is -2.47. The van der Waals surface area contributed by atoms with Crippen molar-refractivity contribution in [2.45, 2.75) is 12.0 Å². The molecule has 1 aliphatic heterocycles. The summed E-state index contributed by atoms with van der Waals surface area (Å²) in [5.74, 6) is -0.473. The predicted molar refractivity (Wildman–Crippen MR) is 105 cm³/mol. The van der Waals surface area contributed by atoms with Crippen LogP contribution in [0.25, 0.3) is 22.2 Å². The van der Waals surface area contributed by atoms with Crippen LogP contribution in [0.15, 0.2) is 30.9 Å². The summed E-state index contributed by atoms with van der Waals surface area (Å²) in [7, 11) is -3.34. The van der Waals surface area contributed by atoms with E-state index in [9.17, 15) is 18.1 Å². The Balaban J connectivity index is 1.72. The molecule has 1 N–H and O–H groups in total. The topological polar surface area (TPSA) is 108 Å². The number of hydrogen-bond donors (Lipinski definition) is 1. The lowest BCUT2D eigenvalue weighted by Crippen LogP contribution is -2.64. The van der Waals surface area contributed by atoms with Crippen molar-refractivity contribution < 1.29 is 12.8 Å². The van der Waals surface area contributed by atoms with E-state index in [0.717, 1.165) is 6.20 Å². The first-order chi connectivity index (χ1) is 12.9. The van der Waals surface area contributed by atoms with Gasteiger partial charge in [0.1, 0.15) is 20.8 Å². The van der Waals surface area contributed by atoms with Crippen molar-refractivity contribution in [3.8, 4) is 17.2 Å². The van der Waals surface area contributed by atoms with Gasteiger partial charge < -0.3 is 4.98 Å². The Morgan fingerprint density at radius 3 is 2.89 bits per heavy atom. The van der Waals surface area contributed by atoms with E-state index in [4.69, 9.17) is 0 Å². The third kappa shape index (κ3) is 2.91. The fraction of sp³-hybridized carbons (Fsp3) is 0.312. The van der Waals surface area contributed by atoms with Gasteiger partial charge in [0.05, 0.1) is 24.9 Å². The lowest BCUT2D eigenvalue weighted by atomic mass is 9.89. The third-order valence-corrected chi connectivity index (χ3v) is 8.46. The molecule has 4 heterocycles. The largest absolute Gasteiger partial charge is 0.346 e. The maximum Gasteiger partial charge on any atom is 0.223 e. The highest BCUT2D eigenvalue weighted by Crippen LogP contribution is 2.37. The summed E-state index contributed by atoms with van der Waals surface area (Å²) in [6, 6.07) is 3.85. The summed E-state index contributed by atoms with van der Waals surface area (Å²) >= 11 is 1.81. The highest BCUT2D eigenvalue weighted by atomic mass is 127. The van der Waals surface area contributed by atoms with Crippen LogP contribution in [-0.2, 0) is 15.6 Å². The normalized spacial score (nSPS) is 16.9. The number of aromatic amines is 1. The number of alkyl halides is 1. The van der Waals surface area contributed by atoms with Gasteiger partial charge in [0.15, 0.2) is 0 Å². The zero-order valence-electron chi connectivity index (χ0n) is 13.9. The summed E-state index contributed by atoms with van der Waals surface area (Å²) in [5, 5.41) is 14.2. The first-order valence-electron chi connectivity index (χ1n) is 7.98. The standard InChI is InChI=1S/C16H14FIN6O2S/c17-13-6-21-15-12(1-4-20-15)14(13)11-5-22-24(7-11)16(2-3-19)8-23(9-16)27(25,26)10-18/h1,4-7H,2,8-10H2,(H,20,21). The van der Waals surface area contributed by atoms with E-state index in [-0.39, 0.29) is 23.3 Å². The van der Waals surface area contributed by atoms with Crippen LogP contribution in [0, 0.1) is 17.1 Å². The lowest BCUT2D eigenvalue weighted by molar-refractivity contribution is 0.0723. The second kappa shape index (κ2) is 6.54. The molecule has 140 valence electrons. The predicted octanol–water partition coefficient (Wildman–Crippen LogP) is 2.21. The van der Waals surface area contributed by atoms with Crippen molar-refractivity contribution >= 4 is 43.6 Å². The first kappa shape index (κ1) is 18.3. The number of rotatable bonds is 5. The molecule has 0 aromatic carbocycles. The highest BCUT2D eigenvalue weighted by Gasteiger charge is 2.49. The van der Waals surface area contributed by atoms with Crippen molar-refractivity contribution in [1.29, 1.82) is 5.26 Å². The fourth-order valence-electron chi connectivity index (χ4n) is 3.35. The monoisotopic (exact) mass is 500 g/mol. The van der Waals surface area contributed by atoms with Gasteiger partial charge in [-0.3, -0.25) is 4.68 Å². The van der Waals surface area contributed by atoms with Gasteiger partial charge >= 0.3 is 0 Å². The summed E-state index contributed by atoms with van der Waals surface area (Å²) in [6.07, 6.45) is 6.13. The Morgan fingerprint density at radius 1 is 1.41 bits per heavy atom. The van der Waals surface area contributed by atoms with Crippen molar-refractivity contribution in [2.24, 2.45) is 0 Å². The summed E-state index contributed by atoms with van der Waals surface area (Å²) < 4.78 is 41.4. The molecule has 0 unspecified atom stereocenters. The number of nitriles is 1. The average molecular weight is 500 g/mol. The van der Waals surface area contributed by atoms with Crippen LogP contribution in [0.5, 0.6) is 0 Å². The van der Waals surface area contributed by atoms with Crippen molar-refractivity contribution in [1.82, 2.24) is 24.1 Å². The van der Waals surface area contributed by atoms with Crippen LogP contribution in [0.2, 0.25) is 0 Å². The van der Waals surface area contributed by atoms with Crippen LogP contribution >= 0.6 is 22.6 Å². The fourth-order valence-corrected chi connectivity index (χ4v) is 5.54. The quantitative estimate of drug-likeness (QED) is 0.427. The third-order valence-electron chi connectivity index (χ3n) is 4.78. The molecule has 27 heavy (non-hydrogen) atoms. The van der Waals surface area contributed by atoms with Gasteiger partial charge in [0.2, 0.25) is 10.0 Å². The summed E-state index contributed by atoms with van der Waals surface area (Å²) in [6.45, 7) is 0.344. The van der Waals surface area contributed by atoms with E-state index in [1.54, 1.807) is 45.7 Å². The Kier molecular flexibility index (Phi) is 4.44. The first-order valence-corrected chi connectivity index (χ1v) is 11.1. The molecule has 3 aromatic rings. The number of sulfonamides is 1. The second-order valence-corrected chi connectivity index (χ2v) is 10.2. The smallest absolute Gasteiger partial charge is 0.223 e. The van der Waals surface area contributed by atoms with Crippen LogP contribution in [0.3, 0.4) is 0 Å². The Morgan fingerprint density at radius 2 is 2.19 bits per heavy atom. The molecule has 1 saturated heterocycles. The second-order valence-electron chi connectivity index (χ2n) is 6.44. The van der Waals surface area contributed by atoms with Gasteiger partial charge in [0, 0.05) is 42.0 Å². The summed E-state index contributed by atoms with van der Waals surface area (Å²) in [4.78, 5) is 6.95. The number of fused-ring (bicyclic) bond motifs is 1. The number of nitrogens with zero attached hydrogens (tertiary/aromatic N) is 5. The number of aromatic nitrogens is 4. The molecule has 1 fully saturated rings. The summed E-state index contributed by atoms with van der Waals surface area (Å²) in [5.41, 5.74) is 0.739.